The Balaban J connectivity index is 1.74. The average Bonchev–Trinajstić information content (AvgIpc) is 3.10. The molecule has 0 radical (unpaired) electrons. The van der Waals surface area contributed by atoms with Gasteiger partial charge in [-0.05, 0) is 48.6 Å². The first-order chi connectivity index (χ1) is 8.27. The highest BCUT2D eigenvalue weighted by atomic mass is 14.9. The Labute approximate surface area is 105 Å². The van der Waals surface area contributed by atoms with E-state index in [1.54, 1.807) is 11.1 Å². The number of hydrogen-bond donors (Lipinski definition) is 1. The molecule has 1 nitrogen and oxygen atoms in total. The van der Waals surface area contributed by atoms with Crippen LogP contribution < -0.4 is 5.32 Å². The second kappa shape index (κ2) is 4.45. The Hall–Kier alpha value is -0.820. The minimum atomic E-state index is 0.603. The summed E-state index contributed by atoms with van der Waals surface area (Å²) in [6.07, 6.45) is 8.12. The molecular weight excluding hydrogens is 206 g/mol. The number of hydrogen-bond acceptors (Lipinski definition) is 1. The summed E-state index contributed by atoms with van der Waals surface area (Å²) in [4.78, 5) is 0. The molecule has 1 fully saturated rings. The Morgan fingerprint density at radius 1 is 1.24 bits per heavy atom. The molecule has 92 valence electrons. The molecule has 1 saturated carbocycles. The van der Waals surface area contributed by atoms with Gasteiger partial charge in [0.2, 0.25) is 0 Å². The van der Waals surface area contributed by atoms with E-state index >= 15 is 0 Å². The minimum Gasteiger partial charge on any atom is -0.309 e. The third-order valence-corrected chi connectivity index (χ3v) is 4.50. The molecule has 17 heavy (non-hydrogen) atoms. The van der Waals surface area contributed by atoms with E-state index in [0.29, 0.717) is 11.5 Å². The summed E-state index contributed by atoms with van der Waals surface area (Å²) in [7, 11) is 0. The van der Waals surface area contributed by atoms with Crippen LogP contribution in [-0.4, -0.2) is 6.54 Å². The lowest BCUT2D eigenvalue weighted by atomic mass is 9.98. The van der Waals surface area contributed by atoms with E-state index in [-0.39, 0.29) is 0 Å². The van der Waals surface area contributed by atoms with E-state index in [0.717, 1.165) is 0 Å². The second-order valence-corrected chi connectivity index (χ2v) is 6.19. The first-order valence-corrected chi connectivity index (χ1v) is 7.08. The number of rotatable bonds is 3. The van der Waals surface area contributed by atoms with Crippen molar-refractivity contribution in [2.45, 2.75) is 51.5 Å². The van der Waals surface area contributed by atoms with Gasteiger partial charge in [0.1, 0.15) is 0 Å². The minimum absolute atomic E-state index is 0.603. The lowest BCUT2D eigenvalue weighted by molar-refractivity contribution is 0.421. The fraction of sp³-hybridized carbons (Fsp3) is 0.625. The molecule has 0 spiro atoms. The Bertz CT molecular complexity index is 392. The standard InChI is InChI=1S/C16H23N/c1-16(10-11-16)12-17-15-9-5-3-7-13-6-2-4-8-14(13)15/h2,4,6,8,15,17H,3,5,7,9-12H2,1H3. The zero-order valence-corrected chi connectivity index (χ0v) is 10.8. The van der Waals surface area contributed by atoms with E-state index < -0.39 is 0 Å². The summed E-state index contributed by atoms with van der Waals surface area (Å²) in [6, 6.07) is 9.62. The molecule has 0 bridgehead atoms. The first kappa shape index (κ1) is 11.3. The predicted octanol–water partition coefficient (Wildman–Crippen LogP) is 3.84. The van der Waals surface area contributed by atoms with Crippen LogP contribution in [0.2, 0.25) is 0 Å². The van der Waals surface area contributed by atoms with Gasteiger partial charge in [-0.2, -0.15) is 0 Å². The van der Waals surface area contributed by atoms with Crippen molar-refractivity contribution in [3.05, 3.63) is 35.4 Å². The third kappa shape index (κ3) is 2.55. The van der Waals surface area contributed by atoms with Gasteiger partial charge in [-0.15, -0.1) is 0 Å². The van der Waals surface area contributed by atoms with Crippen molar-refractivity contribution < 1.29 is 0 Å². The summed E-state index contributed by atoms with van der Waals surface area (Å²) < 4.78 is 0. The highest BCUT2D eigenvalue weighted by molar-refractivity contribution is 5.31. The molecule has 0 heterocycles. The molecule has 0 aromatic heterocycles. The van der Waals surface area contributed by atoms with Crippen molar-refractivity contribution >= 4 is 0 Å². The lowest BCUT2D eigenvalue weighted by Gasteiger charge is -2.21. The average molecular weight is 229 g/mol. The van der Waals surface area contributed by atoms with Gasteiger partial charge in [0, 0.05) is 12.6 Å². The molecule has 1 atom stereocenters. The van der Waals surface area contributed by atoms with Gasteiger partial charge in [0.05, 0.1) is 0 Å². The SMILES string of the molecule is CC1(CNC2CCCCc3ccccc32)CC1. The van der Waals surface area contributed by atoms with Crippen LogP contribution in [0.4, 0.5) is 0 Å². The monoisotopic (exact) mass is 229 g/mol. The topological polar surface area (TPSA) is 12.0 Å². The highest BCUT2D eigenvalue weighted by Crippen LogP contribution is 2.44. The van der Waals surface area contributed by atoms with Gasteiger partial charge in [-0.3, -0.25) is 0 Å². The Morgan fingerprint density at radius 3 is 2.88 bits per heavy atom. The third-order valence-electron chi connectivity index (χ3n) is 4.50. The van der Waals surface area contributed by atoms with Crippen LogP contribution in [0, 0.1) is 5.41 Å². The Kier molecular flexibility index (Phi) is 2.96. The zero-order valence-electron chi connectivity index (χ0n) is 10.8. The Morgan fingerprint density at radius 2 is 2.06 bits per heavy atom. The van der Waals surface area contributed by atoms with Gasteiger partial charge in [-0.25, -0.2) is 0 Å². The number of benzene rings is 1. The van der Waals surface area contributed by atoms with Crippen LogP contribution in [0.25, 0.3) is 0 Å². The van der Waals surface area contributed by atoms with Crippen LogP contribution in [0.3, 0.4) is 0 Å². The van der Waals surface area contributed by atoms with E-state index in [9.17, 15) is 0 Å². The van der Waals surface area contributed by atoms with Crippen LogP contribution in [0.5, 0.6) is 0 Å². The first-order valence-electron chi connectivity index (χ1n) is 7.08. The van der Waals surface area contributed by atoms with Crippen molar-refractivity contribution in [2.24, 2.45) is 5.41 Å². The summed E-state index contributed by atoms with van der Waals surface area (Å²) in [5.74, 6) is 0. The maximum Gasteiger partial charge on any atom is 0.0323 e. The van der Waals surface area contributed by atoms with Crippen molar-refractivity contribution in [3.8, 4) is 0 Å². The molecule has 1 N–H and O–H groups in total. The van der Waals surface area contributed by atoms with Gasteiger partial charge in [-0.1, -0.05) is 37.6 Å². The van der Waals surface area contributed by atoms with Crippen molar-refractivity contribution in [1.29, 1.82) is 0 Å². The van der Waals surface area contributed by atoms with Crippen LogP contribution in [0.1, 0.15) is 56.2 Å². The molecule has 3 rings (SSSR count). The van der Waals surface area contributed by atoms with E-state index in [4.69, 9.17) is 0 Å². The number of fused-ring (bicyclic) bond motifs is 1. The van der Waals surface area contributed by atoms with Crippen LogP contribution in [0.15, 0.2) is 24.3 Å². The summed E-state index contributed by atoms with van der Waals surface area (Å²) >= 11 is 0. The normalized spacial score (nSPS) is 26.1. The molecular formula is C16H23N. The quantitative estimate of drug-likeness (QED) is 0.776. The lowest BCUT2D eigenvalue weighted by Crippen LogP contribution is -2.27. The summed E-state index contributed by atoms with van der Waals surface area (Å²) in [5.41, 5.74) is 3.75. The fourth-order valence-electron chi connectivity index (χ4n) is 2.89. The van der Waals surface area contributed by atoms with Gasteiger partial charge < -0.3 is 5.32 Å². The zero-order chi connectivity index (χ0) is 11.7. The van der Waals surface area contributed by atoms with Crippen molar-refractivity contribution in [2.75, 3.05) is 6.54 Å². The van der Waals surface area contributed by atoms with Crippen molar-refractivity contribution in [3.63, 3.8) is 0 Å². The fourth-order valence-corrected chi connectivity index (χ4v) is 2.89. The maximum absolute atomic E-state index is 3.82. The molecule has 1 unspecified atom stereocenters. The molecule has 2 aliphatic carbocycles. The summed E-state index contributed by atoms with van der Waals surface area (Å²) in [6.45, 7) is 3.61. The predicted molar refractivity (Wildman–Crippen MR) is 72.1 cm³/mol. The number of aryl methyl sites for hydroxylation is 1. The number of nitrogens with one attached hydrogen (secondary N) is 1. The molecule has 0 saturated heterocycles. The molecule has 1 heteroatoms. The van der Waals surface area contributed by atoms with Gasteiger partial charge >= 0.3 is 0 Å². The van der Waals surface area contributed by atoms with E-state index in [1.807, 2.05) is 0 Å². The van der Waals surface area contributed by atoms with Gasteiger partial charge in [0.15, 0.2) is 0 Å². The largest absolute Gasteiger partial charge is 0.309 e. The maximum atomic E-state index is 3.82. The van der Waals surface area contributed by atoms with E-state index in [1.165, 1.54) is 45.1 Å². The van der Waals surface area contributed by atoms with Crippen LogP contribution >= 0.6 is 0 Å². The molecule has 1 aromatic rings. The molecule has 1 aromatic carbocycles. The van der Waals surface area contributed by atoms with Gasteiger partial charge in [0.25, 0.3) is 0 Å². The smallest absolute Gasteiger partial charge is 0.0323 e. The molecule has 2 aliphatic rings. The van der Waals surface area contributed by atoms with Crippen LogP contribution in [-0.2, 0) is 6.42 Å². The van der Waals surface area contributed by atoms with E-state index in [2.05, 4.69) is 36.5 Å². The van der Waals surface area contributed by atoms with Crippen molar-refractivity contribution in [1.82, 2.24) is 5.32 Å². The molecule has 0 amide bonds. The highest BCUT2D eigenvalue weighted by Gasteiger charge is 2.37. The summed E-state index contributed by atoms with van der Waals surface area (Å²) in [5, 5.41) is 3.82. The molecule has 0 aliphatic heterocycles. The second-order valence-electron chi connectivity index (χ2n) is 6.19.